The largest absolute Gasteiger partial charge is 0.456 e. The first-order valence-electron chi connectivity index (χ1n) is 7.55. The van der Waals surface area contributed by atoms with Gasteiger partial charge >= 0.3 is 0 Å². The van der Waals surface area contributed by atoms with E-state index in [0.29, 0.717) is 6.42 Å². The first kappa shape index (κ1) is 14.5. The Bertz CT molecular complexity index is 973. The van der Waals surface area contributed by atoms with Crippen molar-refractivity contribution >= 4 is 37.9 Å². The summed E-state index contributed by atoms with van der Waals surface area (Å²) in [4.78, 5) is 0. The Morgan fingerprint density at radius 3 is 2.57 bits per heavy atom. The number of rotatable bonds is 3. The average Bonchev–Trinajstić information content (AvgIpc) is 2.94. The Labute approximate surface area is 142 Å². The summed E-state index contributed by atoms with van der Waals surface area (Å²) < 4.78 is 6.95. The quantitative estimate of drug-likeness (QED) is 0.510. The van der Waals surface area contributed by atoms with Gasteiger partial charge in [-0.1, -0.05) is 58.4 Å². The number of benzene rings is 3. The van der Waals surface area contributed by atoms with E-state index in [1.165, 1.54) is 0 Å². The maximum atomic E-state index is 10.6. The van der Waals surface area contributed by atoms with Gasteiger partial charge in [0.1, 0.15) is 11.2 Å². The van der Waals surface area contributed by atoms with Gasteiger partial charge in [0.2, 0.25) is 0 Å². The minimum atomic E-state index is -0.529. The zero-order valence-electron chi connectivity index (χ0n) is 12.4. The molecule has 2 nitrogen and oxygen atoms in total. The van der Waals surface area contributed by atoms with E-state index in [2.05, 4.69) is 28.1 Å². The molecule has 1 atom stereocenters. The van der Waals surface area contributed by atoms with E-state index >= 15 is 0 Å². The summed E-state index contributed by atoms with van der Waals surface area (Å²) in [7, 11) is 0. The fourth-order valence-corrected chi connectivity index (χ4v) is 3.40. The van der Waals surface area contributed by atoms with Crippen LogP contribution in [0.2, 0.25) is 0 Å². The predicted octanol–water partition coefficient (Wildman–Crippen LogP) is 5.62. The molecule has 0 radical (unpaired) electrons. The van der Waals surface area contributed by atoms with Crippen LogP contribution < -0.4 is 0 Å². The minimum absolute atomic E-state index is 0.529. The second kappa shape index (κ2) is 5.84. The highest BCUT2D eigenvalue weighted by Crippen LogP contribution is 2.34. The third-order valence-electron chi connectivity index (χ3n) is 4.14. The van der Waals surface area contributed by atoms with E-state index in [9.17, 15) is 5.11 Å². The van der Waals surface area contributed by atoms with Gasteiger partial charge in [-0.25, -0.2) is 0 Å². The molecule has 0 aliphatic rings. The first-order valence-corrected chi connectivity index (χ1v) is 8.34. The fourth-order valence-electron chi connectivity index (χ4n) is 3.04. The zero-order chi connectivity index (χ0) is 15.8. The number of halogens is 1. The molecule has 4 rings (SSSR count). The molecule has 0 aliphatic carbocycles. The molecule has 0 bridgehead atoms. The van der Waals surface area contributed by atoms with E-state index in [0.717, 1.165) is 37.5 Å². The van der Waals surface area contributed by atoms with E-state index in [1.54, 1.807) is 0 Å². The van der Waals surface area contributed by atoms with E-state index in [1.807, 2.05) is 54.6 Å². The van der Waals surface area contributed by atoms with E-state index < -0.39 is 6.10 Å². The average molecular weight is 367 g/mol. The van der Waals surface area contributed by atoms with Gasteiger partial charge in [-0.2, -0.15) is 0 Å². The molecule has 0 amide bonds. The SMILES string of the molecule is OC(Cc1cccc2oc3ccc(Br)cc3c12)c1ccccc1. The summed E-state index contributed by atoms with van der Waals surface area (Å²) in [5.41, 5.74) is 3.75. The summed E-state index contributed by atoms with van der Waals surface area (Å²) in [6.07, 6.45) is 0.0292. The molecule has 0 spiro atoms. The second-order valence-electron chi connectivity index (χ2n) is 5.66. The standard InChI is InChI=1S/C20H15BrO2/c21-15-9-10-18-16(12-15)20-14(7-4-8-19(20)23-18)11-17(22)13-5-2-1-3-6-13/h1-10,12,17,22H,11H2. The van der Waals surface area contributed by atoms with Gasteiger partial charge in [-0.15, -0.1) is 0 Å². The molecular weight excluding hydrogens is 352 g/mol. The fraction of sp³-hybridized carbons (Fsp3) is 0.100. The van der Waals surface area contributed by atoms with Crippen molar-refractivity contribution in [3.63, 3.8) is 0 Å². The first-order chi connectivity index (χ1) is 11.2. The van der Waals surface area contributed by atoms with Crippen LogP contribution in [-0.4, -0.2) is 5.11 Å². The molecule has 23 heavy (non-hydrogen) atoms. The number of aliphatic hydroxyl groups excluding tert-OH is 1. The maximum Gasteiger partial charge on any atom is 0.135 e. The van der Waals surface area contributed by atoms with Crippen molar-refractivity contribution in [1.82, 2.24) is 0 Å². The lowest BCUT2D eigenvalue weighted by molar-refractivity contribution is 0.179. The molecule has 0 aliphatic heterocycles. The third kappa shape index (κ3) is 2.67. The Balaban J connectivity index is 1.83. The summed E-state index contributed by atoms with van der Waals surface area (Å²) >= 11 is 3.52. The number of hydrogen-bond acceptors (Lipinski definition) is 2. The predicted molar refractivity (Wildman–Crippen MR) is 96.5 cm³/mol. The molecule has 114 valence electrons. The smallest absolute Gasteiger partial charge is 0.135 e. The van der Waals surface area contributed by atoms with Crippen molar-refractivity contribution in [2.75, 3.05) is 0 Å². The molecule has 3 heteroatoms. The molecule has 0 saturated carbocycles. The lowest BCUT2D eigenvalue weighted by atomic mass is 9.97. The molecule has 1 N–H and O–H groups in total. The van der Waals surface area contributed by atoms with Crippen LogP contribution in [0.5, 0.6) is 0 Å². The molecule has 1 aromatic heterocycles. The summed E-state index contributed by atoms with van der Waals surface area (Å²) in [6.45, 7) is 0. The zero-order valence-corrected chi connectivity index (χ0v) is 14.0. The molecule has 1 heterocycles. The van der Waals surface area contributed by atoms with Gasteiger partial charge in [0.15, 0.2) is 0 Å². The molecule has 0 saturated heterocycles. The van der Waals surface area contributed by atoms with Crippen molar-refractivity contribution in [3.8, 4) is 0 Å². The van der Waals surface area contributed by atoms with Crippen LogP contribution in [0.3, 0.4) is 0 Å². The van der Waals surface area contributed by atoms with Crippen molar-refractivity contribution in [2.45, 2.75) is 12.5 Å². The van der Waals surface area contributed by atoms with Gasteiger partial charge in [0, 0.05) is 21.7 Å². The highest BCUT2D eigenvalue weighted by Gasteiger charge is 2.15. The van der Waals surface area contributed by atoms with Crippen LogP contribution in [0.15, 0.2) is 75.6 Å². The van der Waals surface area contributed by atoms with Crippen LogP contribution >= 0.6 is 15.9 Å². The molecule has 1 unspecified atom stereocenters. The Morgan fingerprint density at radius 2 is 1.74 bits per heavy atom. The van der Waals surface area contributed by atoms with Gasteiger partial charge in [-0.3, -0.25) is 0 Å². The monoisotopic (exact) mass is 366 g/mol. The van der Waals surface area contributed by atoms with E-state index in [-0.39, 0.29) is 0 Å². The summed E-state index contributed by atoms with van der Waals surface area (Å²) in [5, 5.41) is 12.7. The maximum absolute atomic E-state index is 10.6. The summed E-state index contributed by atoms with van der Waals surface area (Å²) in [6, 6.07) is 21.8. The number of aliphatic hydroxyl groups is 1. The topological polar surface area (TPSA) is 33.4 Å². The third-order valence-corrected chi connectivity index (χ3v) is 4.63. The molecular formula is C20H15BrO2. The van der Waals surface area contributed by atoms with Gasteiger partial charge < -0.3 is 9.52 Å². The highest BCUT2D eigenvalue weighted by atomic mass is 79.9. The van der Waals surface area contributed by atoms with Crippen molar-refractivity contribution in [2.24, 2.45) is 0 Å². The van der Waals surface area contributed by atoms with Crippen molar-refractivity contribution in [3.05, 3.63) is 82.3 Å². The van der Waals surface area contributed by atoms with E-state index in [4.69, 9.17) is 4.42 Å². The number of fused-ring (bicyclic) bond motifs is 3. The minimum Gasteiger partial charge on any atom is -0.456 e. The normalized spacial score (nSPS) is 12.8. The molecule has 0 fully saturated rings. The second-order valence-corrected chi connectivity index (χ2v) is 6.58. The molecule has 4 aromatic rings. The highest BCUT2D eigenvalue weighted by molar-refractivity contribution is 9.10. The van der Waals surface area contributed by atoms with Crippen LogP contribution in [0.4, 0.5) is 0 Å². The Hall–Kier alpha value is -2.10. The molecule has 3 aromatic carbocycles. The van der Waals surface area contributed by atoms with Gasteiger partial charge in [0.05, 0.1) is 6.10 Å². The number of furan rings is 1. The van der Waals surface area contributed by atoms with Crippen LogP contribution in [0.25, 0.3) is 21.9 Å². The van der Waals surface area contributed by atoms with Gasteiger partial charge in [-0.05, 0) is 35.4 Å². The van der Waals surface area contributed by atoms with Crippen LogP contribution in [0.1, 0.15) is 17.2 Å². The Morgan fingerprint density at radius 1 is 0.913 bits per heavy atom. The van der Waals surface area contributed by atoms with Crippen molar-refractivity contribution < 1.29 is 9.52 Å². The lowest BCUT2D eigenvalue weighted by Crippen LogP contribution is -2.01. The van der Waals surface area contributed by atoms with Gasteiger partial charge in [0.25, 0.3) is 0 Å². The van der Waals surface area contributed by atoms with Crippen LogP contribution in [-0.2, 0) is 6.42 Å². The summed E-state index contributed by atoms with van der Waals surface area (Å²) in [5.74, 6) is 0. The number of hydrogen-bond donors (Lipinski definition) is 1. The Kier molecular flexibility index (Phi) is 3.68. The van der Waals surface area contributed by atoms with Crippen LogP contribution in [0, 0.1) is 0 Å². The lowest BCUT2D eigenvalue weighted by Gasteiger charge is -2.11. The van der Waals surface area contributed by atoms with Crippen molar-refractivity contribution in [1.29, 1.82) is 0 Å².